The first-order valence-corrected chi connectivity index (χ1v) is 7.44. The van der Waals surface area contributed by atoms with Crippen LogP contribution in [0.15, 0.2) is 40.6 Å². The van der Waals surface area contributed by atoms with E-state index in [1.165, 1.54) is 25.3 Å². The number of allylic oxidation sites excluding steroid dienone is 1. The van der Waals surface area contributed by atoms with Crippen molar-refractivity contribution in [3.63, 3.8) is 0 Å². The van der Waals surface area contributed by atoms with Crippen LogP contribution < -0.4 is 5.43 Å². The molecule has 9 heteroatoms. The largest absolute Gasteiger partial charge is 0.464 e. The Kier molecular flexibility index (Phi) is 5.48. The number of hydrazone groups is 1. The molecule has 0 aliphatic carbocycles. The van der Waals surface area contributed by atoms with Gasteiger partial charge < -0.3 is 9.47 Å². The highest BCUT2D eigenvalue weighted by atomic mass is 16.6. The Labute approximate surface area is 143 Å². The first-order valence-electron chi connectivity index (χ1n) is 7.44. The van der Waals surface area contributed by atoms with Gasteiger partial charge in [0.1, 0.15) is 0 Å². The van der Waals surface area contributed by atoms with Crippen molar-refractivity contribution in [1.82, 2.24) is 5.43 Å². The highest BCUT2D eigenvalue weighted by Crippen LogP contribution is 2.33. The maximum Gasteiger partial charge on any atom is 0.355 e. The molecule has 1 aliphatic heterocycles. The number of non-ortho nitro benzene ring substituents is 1. The quantitative estimate of drug-likeness (QED) is 0.488. The van der Waals surface area contributed by atoms with Crippen LogP contribution in [0.5, 0.6) is 0 Å². The molecule has 0 bridgehead atoms. The van der Waals surface area contributed by atoms with E-state index in [0.717, 1.165) is 0 Å². The van der Waals surface area contributed by atoms with Gasteiger partial charge in [-0.25, -0.2) is 9.59 Å². The number of nitro groups is 1. The Morgan fingerprint density at radius 2 is 2.08 bits per heavy atom. The standard InChI is InChI=1S/C16H17N3O6/c1-4-25-15(20)12-9(2)17-18-14(16(21)24-3)13(12)10-6-5-7-11(8-10)19(22)23/h5-8,13,17H,4H2,1-3H3. The molecule has 1 atom stereocenters. The van der Waals surface area contributed by atoms with E-state index in [0.29, 0.717) is 11.3 Å². The number of ether oxygens (including phenoxy) is 2. The molecule has 25 heavy (non-hydrogen) atoms. The van der Waals surface area contributed by atoms with Gasteiger partial charge in [0, 0.05) is 17.8 Å². The summed E-state index contributed by atoms with van der Waals surface area (Å²) < 4.78 is 9.79. The Bertz CT molecular complexity index is 784. The SMILES string of the molecule is CCOC(=O)C1=C(C)NN=C(C(=O)OC)C1c1cccc([N+](=O)[O-])c1. The van der Waals surface area contributed by atoms with Crippen LogP contribution in [0.1, 0.15) is 25.3 Å². The van der Waals surface area contributed by atoms with Gasteiger partial charge in [-0.2, -0.15) is 5.10 Å². The topological polar surface area (TPSA) is 120 Å². The van der Waals surface area contributed by atoms with Gasteiger partial charge in [0.25, 0.3) is 5.69 Å². The van der Waals surface area contributed by atoms with E-state index in [9.17, 15) is 19.7 Å². The molecule has 1 aromatic carbocycles. The number of methoxy groups -OCH3 is 1. The minimum atomic E-state index is -0.937. The molecule has 9 nitrogen and oxygen atoms in total. The van der Waals surface area contributed by atoms with E-state index in [2.05, 4.69) is 10.5 Å². The minimum Gasteiger partial charge on any atom is -0.464 e. The zero-order valence-electron chi connectivity index (χ0n) is 13.9. The third kappa shape index (κ3) is 3.65. The van der Waals surface area contributed by atoms with Crippen LogP contribution in [0, 0.1) is 10.1 Å². The lowest BCUT2D eigenvalue weighted by Crippen LogP contribution is -2.35. The summed E-state index contributed by atoms with van der Waals surface area (Å²) in [6.07, 6.45) is 0. The van der Waals surface area contributed by atoms with Gasteiger partial charge in [0.2, 0.25) is 0 Å². The molecular formula is C16H17N3O6. The number of hydrogen-bond donors (Lipinski definition) is 1. The fraction of sp³-hybridized carbons (Fsp3) is 0.312. The normalized spacial score (nSPS) is 16.6. The summed E-state index contributed by atoms with van der Waals surface area (Å²) in [5, 5.41) is 15.0. The lowest BCUT2D eigenvalue weighted by molar-refractivity contribution is -0.384. The van der Waals surface area contributed by atoms with Gasteiger partial charge in [-0.3, -0.25) is 15.5 Å². The van der Waals surface area contributed by atoms with Crippen molar-refractivity contribution in [3.8, 4) is 0 Å². The number of esters is 2. The van der Waals surface area contributed by atoms with Gasteiger partial charge in [0.05, 0.1) is 30.1 Å². The van der Waals surface area contributed by atoms with Crippen molar-refractivity contribution in [2.45, 2.75) is 19.8 Å². The fourth-order valence-electron chi connectivity index (χ4n) is 2.51. The summed E-state index contributed by atoms with van der Waals surface area (Å²) in [4.78, 5) is 35.0. The van der Waals surface area contributed by atoms with Crippen molar-refractivity contribution in [1.29, 1.82) is 0 Å². The molecule has 132 valence electrons. The van der Waals surface area contributed by atoms with Gasteiger partial charge in [-0.05, 0) is 19.4 Å². The number of nitro benzene ring substituents is 1. The second kappa shape index (κ2) is 7.56. The predicted molar refractivity (Wildman–Crippen MR) is 87.8 cm³/mol. The number of hydrogen-bond acceptors (Lipinski definition) is 8. The van der Waals surface area contributed by atoms with Crippen LogP contribution in [0.3, 0.4) is 0 Å². The molecule has 0 saturated carbocycles. The summed E-state index contributed by atoms with van der Waals surface area (Å²) in [6.45, 7) is 3.40. The number of rotatable bonds is 5. The summed E-state index contributed by atoms with van der Waals surface area (Å²) >= 11 is 0. The second-order valence-corrected chi connectivity index (χ2v) is 5.14. The molecule has 1 aliphatic rings. The number of carbonyl (C=O) groups is 2. The third-order valence-corrected chi connectivity index (χ3v) is 3.61. The Hall–Kier alpha value is -3.23. The first-order chi connectivity index (χ1) is 11.9. The Morgan fingerprint density at radius 1 is 1.36 bits per heavy atom. The van der Waals surface area contributed by atoms with Crippen LogP contribution in [0.25, 0.3) is 0 Å². The highest BCUT2D eigenvalue weighted by Gasteiger charge is 2.37. The van der Waals surface area contributed by atoms with Crippen molar-refractivity contribution in [2.75, 3.05) is 13.7 Å². The maximum absolute atomic E-state index is 12.4. The zero-order valence-corrected chi connectivity index (χ0v) is 13.9. The summed E-state index contributed by atoms with van der Waals surface area (Å²) in [5.74, 6) is -2.33. The maximum atomic E-state index is 12.4. The minimum absolute atomic E-state index is 0.0864. The van der Waals surface area contributed by atoms with E-state index < -0.39 is 22.8 Å². The molecule has 2 rings (SSSR count). The lowest BCUT2D eigenvalue weighted by atomic mass is 9.84. The monoisotopic (exact) mass is 347 g/mol. The Balaban J connectivity index is 2.61. The molecule has 1 heterocycles. The summed E-state index contributed by atoms with van der Waals surface area (Å²) in [6, 6.07) is 5.66. The molecule has 0 spiro atoms. The molecular weight excluding hydrogens is 330 g/mol. The number of nitrogens with zero attached hydrogens (tertiary/aromatic N) is 2. The third-order valence-electron chi connectivity index (χ3n) is 3.61. The van der Waals surface area contributed by atoms with Crippen LogP contribution in [0.2, 0.25) is 0 Å². The fourth-order valence-corrected chi connectivity index (χ4v) is 2.51. The van der Waals surface area contributed by atoms with Crippen LogP contribution >= 0.6 is 0 Å². The lowest BCUT2D eigenvalue weighted by Gasteiger charge is -2.26. The van der Waals surface area contributed by atoms with E-state index in [-0.39, 0.29) is 23.6 Å². The number of carbonyl (C=O) groups excluding carboxylic acids is 2. The number of nitrogens with one attached hydrogen (secondary N) is 1. The van der Waals surface area contributed by atoms with Gasteiger partial charge in [0.15, 0.2) is 5.71 Å². The molecule has 0 saturated heterocycles. The summed E-state index contributed by atoms with van der Waals surface area (Å²) in [7, 11) is 1.19. The van der Waals surface area contributed by atoms with Crippen molar-refractivity contribution < 1.29 is 24.0 Å². The molecule has 1 aromatic rings. The molecule has 0 aromatic heterocycles. The average molecular weight is 347 g/mol. The molecule has 1 unspecified atom stereocenters. The molecule has 0 fully saturated rings. The Morgan fingerprint density at radius 3 is 2.68 bits per heavy atom. The van der Waals surface area contributed by atoms with Crippen molar-refractivity contribution in [2.24, 2.45) is 5.10 Å². The van der Waals surface area contributed by atoms with E-state index >= 15 is 0 Å². The van der Waals surface area contributed by atoms with Gasteiger partial charge in [-0.1, -0.05) is 12.1 Å². The van der Waals surface area contributed by atoms with Gasteiger partial charge in [-0.15, -0.1) is 0 Å². The van der Waals surface area contributed by atoms with Crippen LogP contribution in [-0.4, -0.2) is 36.3 Å². The molecule has 0 amide bonds. The van der Waals surface area contributed by atoms with Crippen LogP contribution in [0.4, 0.5) is 5.69 Å². The molecule has 0 radical (unpaired) electrons. The summed E-state index contributed by atoms with van der Waals surface area (Å²) in [5.41, 5.74) is 3.26. The van der Waals surface area contributed by atoms with E-state index in [4.69, 9.17) is 9.47 Å². The van der Waals surface area contributed by atoms with Gasteiger partial charge >= 0.3 is 11.9 Å². The second-order valence-electron chi connectivity index (χ2n) is 5.14. The smallest absolute Gasteiger partial charge is 0.355 e. The molecule has 1 N–H and O–H groups in total. The average Bonchev–Trinajstić information content (AvgIpc) is 2.60. The predicted octanol–water partition coefficient (Wildman–Crippen LogP) is 1.65. The first kappa shape index (κ1) is 18.1. The van der Waals surface area contributed by atoms with E-state index in [1.54, 1.807) is 19.9 Å². The highest BCUT2D eigenvalue weighted by molar-refractivity contribution is 6.40. The van der Waals surface area contributed by atoms with Crippen molar-refractivity contribution in [3.05, 3.63) is 51.2 Å². The van der Waals surface area contributed by atoms with Crippen LogP contribution in [-0.2, 0) is 19.1 Å². The van der Waals surface area contributed by atoms with E-state index in [1.807, 2.05) is 0 Å². The zero-order chi connectivity index (χ0) is 18.6. The number of benzene rings is 1. The van der Waals surface area contributed by atoms with Crippen molar-refractivity contribution >= 4 is 23.3 Å².